The van der Waals surface area contributed by atoms with Crippen LogP contribution in [0.3, 0.4) is 0 Å². The van der Waals surface area contributed by atoms with E-state index < -0.39 is 6.03 Å². The highest BCUT2D eigenvalue weighted by Gasteiger charge is 2.48. The maximum atomic E-state index is 11.9. The van der Waals surface area contributed by atoms with E-state index in [1.807, 2.05) is 0 Å². The van der Waals surface area contributed by atoms with Crippen molar-refractivity contribution in [3.63, 3.8) is 0 Å². The van der Waals surface area contributed by atoms with Gasteiger partial charge in [0.25, 0.3) is 0 Å². The summed E-state index contributed by atoms with van der Waals surface area (Å²) in [5.41, 5.74) is 11.5. The highest BCUT2D eigenvalue weighted by atomic mass is 16.2. The Morgan fingerprint density at radius 1 is 1.11 bits per heavy atom. The molecule has 0 aliphatic heterocycles. The second-order valence-electron chi connectivity index (χ2n) is 4.51. The molecule has 0 atom stereocenters. The monoisotopic (exact) mass is 248 g/mol. The minimum absolute atomic E-state index is 0.0411. The van der Waals surface area contributed by atoms with Gasteiger partial charge in [-0.05, 0) is 37.1 Å². The van der Waals surface area contributed by atoms with Crippen LogP contribution in [0.15, 0.2) is 24.3 Å². The third-order valence-electron chi connectivity index (χ3n) is 3.14. The number of benzene rings is 1. The van der Waals surface area contributed by atoms with Gasteiger partial charge >= 0.3 is 6.03 Å². The molecule has 1 aromatic carbocycles. The Morgan fingerprint density at radius 2 is 1.61 bits per heavy atom. The third-order valence-corrected chi connectivity index (χ3v) is 3.14. The van der Waals surface area contributed by atoms with Crippen molar-refractivity contribution in [2.24, 2.45) is 16.9 Å². The van der Waals surface area contributed by atoms with Crippen LogP contribution in [-0.4, -0.2) is 18.5 Å². The van der Waals surface area contributed by atoms with Gasteiger partial charge in [0.05, 0.1) is 5.41 Å². The summed E-state index contributed by atoms with van der Waals surface area (Å²) in [7, 11) is 0. The smallest absolute Gasteiger partial charge is 0.316 e. The van der Waals surface area contributed by atoms with Gasteiger partial charge in [-0.2, -0.15) is 0 Å². The molecular formula is C12H16N4O2. The van der Waals surface area contributed by atoms with E-state index in [0.717, 1.165) is 12.8 Å². The van der Waals surface area contributed by atoms with Crippen LogP contribution in [0.4, 0.5) is 16.2 Å². The Labute approximate surface area is 105 Å². The first kappa shape index (κ1) is 12.4. The highest BCUT2D eigenvalue weighted by Crippen LogP contribution is 2.45. The van der Waals surface area contributed by atoms with E-state index in [4.69, 9.17) is 11.5 Å². The number of carbonyl (C=O) groups excluding carboxylic acids is 2. The Hall–Kier alpha value is -2.08. The molecule has 2 rings (SSSR count). The molecule has 0 saturated heterocycles. The van der Waals surface area contributed by atoms with E-state index in [1.54, 1.807) is 24.3 Å². The third kappa shape index (κ3) is 2.60. The normalized spacial score (nSPS) is 15.8. The van der Waals surface area contributed by atoms with Crippen LogP contribution in [0, 0.1) is 5.41 Å². The summed E-state index contributed by atoms with van der Waals surface area (Å²) in [5, 5.41) is 5.26. The van der Waals surface area contributed by atoms with Gasteiger partial charge in [-0.25, -0.2) is 4.79 Å². The number of nitrogens with two attached hydrogens (primary N) is 2. The predicted octanol–water partition coefficient (Wildman–Crippen LogP) is 0.855. The summed E-state index contributed by atoms with van der Waals surface area (Å²) in [6.07, 6.45) is 1.69. The van der Waals surface area contributed by atoms with Crippen LogP contribution >= 0.6 is 0 Å². The minimum Gasteiger partial charge on any atom is -0.351 e. The standard InChI is InChI=1S/C12H16N4O2/c13-7-12(5-6-12)10(17)15-8-1-3-9(4-2-8)16-11(14)18/h1-4H,5-7,13H2,(H,15,17)(H3,14,16,18). The Morgan fingerprint density at radius 3 is 2.00 bits per heavy atom. The van der Waals surface area contributed by atoms with E-state index in [1.165, 1.54) is 0 Å². The van der Waals surface area contributed by atoms with Crippen LogP contribution in [0.2, 0.25) is 0 Å². The molecule has 1 saturated carbocycles. The van der Waals surface area contributed by atoms with Crippen molar-refractivity contribution >= 4 is 23.3 Å². The number of hydrogen-bond acceptors (Lipinski definition) is 3. The Bertz CT molecular complexity index is 465. The number of carbonyl (C=O) groups is 2. The van der Waals surface area contributed by atoms with Gasteiger partial charge in [0.1, 0.15) is 0 Å². The highest BCUT2D eigenvalue weighted by molar-refractivity contribution is 5.97. The molecule has 18 heavy (non-hydrogen) atoms. The molecule has 0 unspecified atom stereocenters. The molecule has 6 N–H and O–H groups in total. The van der Waals surface area contributed by atoms with Crippen molar-refractivity contribution in [1.29, 1.82) is 0 Å². The maximum absolute atomic E-state index is 11.9. The predicted molar refractivity (Wildman–Crippen MR) is 69.0 cm³/mol. The fraction of sp³-hybridized carbons (Fsp3) is 0.333. The lowest BCUT2D eigenvalue weighted by atomic mass is 10.1. The van der Waals surface area contributed by atoms with Crippen LogP contribution < -0.4 is 22.1 Å². The molecule has 3 amide bonds. The van der Waals surface area contributed by atoms with E-state index in [9.17, 15) is 9.59 Å². The largest absolute Gasteiger partial charge is 0.351 e. The van der Waals surface area contributed by atoms with Crippen molar-refractivity contribution in [3.05, 3.63) is 24.3 Å². The minimum atomic E-state index is -0.619. The zero-order valence-electron chi connectivity index (χ0n) is 9.90. The number of nitrogens with one attached hydrogen (secondary N) is 2. The zero-order valence-corrected chi connectivity index (χ0v) is 9.90. The van der Waals surface area contributed by atoms with Gasteiger partial charge < -0.3 is 22.1 Å². The van der Waals surface area contributed by atoms with Crippen molar-refractivity contribution in [3.8, 4) is 0 Å². The molecule has 1 fully saturated rings. The molecule has 0 heterocycles. The van der Waals surface area contributed by atoms with Gasteiger partial charge in [0.2, 0.25) is 5.91 Å². The molecule has 6 nitrogen and oxygen atoms in total. The molecule has 0 aromatic heterocycles. The second kappa shape index (κ2) is 4.66. The first-order valence-electron chi connectivity index (χ1n) is 5.74. The summed E-state index contributed by atoms with van der Waals surface area (Å²) >= 11 is 0. The number of urea groups is 1. The fourth-order valence-corrected chi connectivity index (χ4v) is 1.72. The first-order chi connectivity index (χ1) is 8.55. The second-order valence-corrected chi connectivity index (χ2v) is 4.51. The Balaban J connectivity index is 1.98. The first-order valence-corrected chi connectivity index (χ1v) is 5.74. The maximum Gasteiger partial charge on any atom is 0.316 e. The van der Waals surface area contributed by atoms with Gasteiger partial charge in [-0.15, -0.1) is 0 Å². The molecule has 0 bridgehead atoms. The quantitative estimate of drug-likeness (QED) is 0.634. The molecule has 1 aliphatic carbocycles. The van der Waals surface area contributed by atoms with Gasteiger partial charge in [0.15, 0.2) is 0 Å². The van der Waals surface area contributed by atoms with Gasteiger partial charge in [-0.1, -0.05) is 0 Å². The van der Waals surface area contributed by atoms with E-state index in [2.05, 4.69) is 10.6 Å². The number of primary amides is 1. The molecule has 6 heteroatoms. The summed E-state index contributed by atoms with van der Waals surface area (Å²) < 4.78 is 0. The summed E-state index contributed by atoms with van der Waals surface area (Å²) in [6.45, 7) is 0.375. The molecule has 1 aromatic rings. The average Bonchev–Trinajstić information content (AvgIpc) is 3.12. The van der Waals surface area contributed by atoms with Crippen LogP contribution in [0.5, 0.6) is 0 Å². The van der Waals surface area contributed by atoms with Crippen LogP contribution in [0.1, 0.15) is 12.8 Å². The molecular weight excluding hydrogens is 232 g/mol. The van der Waals surface area contributed by atoms with Gasteiger partial charge in [0, 0.05) is 17.9 Å². The lowest BCUT2D eigenvalue weighted by Gasteiger charge is -2.13. The average molecular weight is 248 g/mol. The SMILES string of the molecule is NCC1(C(=O)Nc2ccc(NC(N)=O)cc2)CC1. The number of anilines is 2. The van der Waals surface area contributed by atoms with E-state index >= 15 is 0 Å². The number of rotatable bonds is 4. The number of amides is 3. The van der Waals surface area contributed by atoms with Crippen molar-refractivity contribution in [1.82, 2.24) is 0 Å². The van der Waals surface area contributed by atoms with Gasteiger partial charge in [-0.3, -0.25) is 4.79 Å². The lowest BCUT2D eigenvalue weighted by molar-refractivity contribution is -0.120. The summed E-state index contributed by atoms with van der Waals surface area (Å²) in [6, 6.07) is 6.13. The van der Waals surface area contributed by atoms with E-state index in [-0.39, 0.29) is 11.3 Å². The molecule has 0 spiro atoms. The fourth-order valence-electron chi connectivity index (χ4n) is 1.72. The Kier molecular flexibility index (Phi) is 3.20. The van der Waals surface area contributed by atoms with E-state index in [0.29, 0.717) is 17.9 Å². The summed E-state index contributed by atoms with van der Waals surface area (Å²) in [5.74, 6) is -0.0411. The van der Waals surface area contributed by atoms with Crippen molar-refractivity contribution in [2.45, 2.75) is 12.8 Å². The number of hydrogen-bond donors (Lipinski definition) is 4. The lowest BCUT2D eigenvalue weighted by Crippen LogP contribution is -2.30. The van der Waals surface area contributed by atoms with Crippen molar-refractivity contribution < 1.29 is 9.59 Å². The molecule has 0 radical (unpaired) electrons. The molecule has 96 valence electrons. The van der Waals surface area contributed by atoms with Crippen molar-refractivity contribution in [2.75, 3.05) is 17.2 Å². The van der Waals surface area contributed by atoms with Crippen LogP contribution in [0.25, 0.3) is 0 Å². The summed E-state index contributed by atoms with van der Waals surface area (Å²) in [4.78, 5) is 22.5. The zero-order chi connectivity index (χ0) is 13.2. The topological polar surface area (TPSA) is 110 Å². The van der Waals surface area contributed by atoms with Crippen LogP contribution in [-0.2, 0) is 4.79 Å². The molecule has 1 aliphatic rings.